The van der Waals surface area contributed by atoms with Crippen molar-refractivity contribution in [3.05, 3.63) is 29.8 Å². The summed E-state index contributed by atoms with van der Waals surface area (Å²) < 4.78 is 0. The molecule has 1 saturated carbocycles. The Balaban J connectivity index is 2.04. The molecule has 3 heteroatoms. The molecule has 0 unspecified atom stereocenters. The fourth-order valence-corrected chi connectivity index (χ4v) is 2.31. The molecule has 0 saturated heterocycles. The van der Waals surface area contributed by atoms with Crippen LogP contribution in [0.2, 0.25) is 0 Å². The molecule has 2 rings (SSSR count). The predicted molar refractivity (Wildman–Crippen MR) is 67.0 cm³/mol. The van der Waals surface area contributed by atoms with E-state index in [1.165, 1.54) is 6.42 Å². The molecule has 1 aromatic rings. The zero-order chi connectivity index (χ0) is 12.1. The average Bonchev–Trinajstić information content (AvgIpc) is 2.40. The van der Waals surface area contributed by atoms with Crippen LogP contribution in [0.15, 0.2) is 24.3 Å². The van der Waals surface area contributed by atoms with Crippen LogP contribution in [0.25, 0.3) is 0 Å². The number of benzene rings is 1. The number of amides is 1. The van der Waals surface area contributed by atoms with E-state index in [0.29, 0.717) is 11.3 Å². The Bertz CT molecular complexity index is 408. The fraction of sp³-hybridized carbons (Fsp3) is 0.429. The Labute approximate surface area is 101 Å². The second kappa shape index (κ2) is 5.62. The number of carbonyl (C=O) groups excluding carboxylic acids is 2. The monoisotopic (exact) mass is 231 g/mol. The van der Waals surface area contributed by atoms with Gasteiger partial charge in [-0.1, -0.05) is 31.4 Å². The van der Waals surface area contributed by atoms with Gasteiger partial charge < -0.3 is 5.32 Å². The predicted octanol–water partition coefficient (Wildman–Crippen LogP) is 3.02. The Hall–Kier alpha value is -1.64. The van der Waals surface area contributed by atoms with Crippen molar-refractivity contribution in [2.45, 2.75) is 32.1 Å². The van der Waals surface area contributed by atoms with Crippen molar-refractivity contribution < 1.29 is 9.59 Å². The van der Waals surface area contributed by atoms with Gasteiger partial charge in [-0.05, 0) is 25.0 Å². The molecule has 1 aliphatic rings. The van der Waals surface area contributed by atoms with Crippen LogP contribution in [0.4, 0.5) is 5.69 Å². The average molecular weight is 231 g/mol. The first-order chi connectivity index (χ1) is 8.31. The molecule has 17 heavy (non-hydrogen) atoms. The lowest BCUT2D eigenvalue weighted by Gasteiger charge is -2.21. The lowest BCUT2D eigenvalue weighted by molar-refractivity contribution is -0.120. The SMILES string of the molecule is O=Cc1ccccc1NC(=O)C1CCCCC1. The van der Waals surface area contributed by atoms with Crippen LogP contribution in [0.3, 0.4) is 0 Å². The highest BCUT2D eigenvalue weighted by molar-refractivity contribution is 5.97. The highest BCUT2D eigenvalue weighted by Gasteiger charge is 2.21. The molecule has 1 amide bonds. The summed E-state index contributed by atoms with van der Waals surface area (Å²) in [6.45, 7) is 0. The molecule has 1 aliphatic carbocycles. The Morgan fingerprint density at radius 1 is 1.18 bits per heavy atom. The van der Waals surface area contributed by atoms with Gasteiger partial charge in [-0.15, -0.1) is 0 Å². The maximum atomic E-state index is 12.0. The van der Waals surface area contributed by atoms with E-state index in [-0.39, 0.29) is 11.8 Å². The standard InChI is InChI=1S/C14H17NO2/c16-10-12-8-4-5-9-13(12)15-14(17)11-6-2-1-3-7-11/h4-5,8-11H,1-3,6-7H2,(H,15,17). The minimum Gasteiger partial charge on any atom is -0.325 e. The molecule has 1 aromatic carbocycles. The van der Waals surface area contributed by atoms with Crippen molar-refractivity contribution in [1.29, 1.82) is 0 Å². The Kier molecular flexibility index (Phi) is 3.91. The molecule has 90 valence electrons. The van der Waals surface area contributed by atoms with Gasteiger partial charge in [0, 0.05) is 11.5 Å². The molecule has 1 N–H and O–H groups in total. The highest BCUT2D eigenvalue weighted by Crippen LogP contribution is 2.25. The summed E-state index contributed by atoms with van der Waals surface area (Å²) in [5.74, 6) is 0.169. The van der Waals surface area contributed by atoms with E-state index in [1.807, 2.05) is 6.07 Å². The third-order valence-corrected chi connectivity index (χ3v) is 3.32. The molecule has 0 atom stereocenters. The van der Waals surface area contributed by atoms with Gasteiger partial charge in [0.1, 0.15) is 0 Å². The number of hydrogen-bond donors (Lipinski definition) is 1. The molecule has 1 fully saturated rings. The smallest absolute Gasteiger partial charge is 0.227 e. The van der Waals surface area contributed by atoms with E-state index < -0.39 is 0 Å². The quantitative estimate of drug-likeness (QED) is 0.813. The van der Waals surface area contributed by atoms with Crippen molar-refractivity contribution >= 4 is 17.9 Å². The van der Waals surface area contributed by atoms with Crippen molar-refractivity contribution in [2.75, 3.05) is 5.32 Å². The Morgan fingerprint density at radius 2 is 1.88 bits per heavy atom. The van der Waals surface area contributed by atoms with Gasteiger partial charge in [0.2, 0.25) is 5.91 Å². The molecule has 0 radical (unpaired) electrons. The number of rotatable bonds is 3. The second-order valence-electron chi connectivity index (χ2n) is 4.53. The molecule has 0 spiro atoms. The first-order valence-electron chi connectivity index (χ1n) is 6.16. The molecule has 0 aromatic heterocycles. The largest absolute Gasteiger partial charge is 0.325 e. The summed E-state index contributed by atoms with van der Waals surface area (Å²) in [5.41, 5.74) is 1.16. The number of para-hydroxylation sites is 1. The second-order valence-corrected chi connectivity index (χ2v) is 4.53. The highest BCUT2D eigenvalue weighted by atomic mass is 16.2. The van der Waals surface area contributed by atoms with Crippen LogP contribution in [0.5, 0.6) is 0 Å². The molecule has 0 bridgehead atoms. The summed E-state index contributed by atoms with van der Waals surface area (Å²) in [6, 6.07) is 7.09. The van der Waals surface area contributed by atoms with Crippen molar-refractivity contribution in [1.82, 2.24) is 0 Å². The zero-order valence-corrected chi connectivity index (χ0v) is 9.82. The van der Waals surface area contributed by atoms with Crippen molar-refractivity contribution in [3.63, 3.8) is 0 Å². The third-order valence-electron chi connectivity index (χ3n) is 3.32. The fourth-order valence-electron chi connectivity index (χ4n) is 2.31. The summed E-state index contributed by atoms with van der Waals surface area (Å²) in [4.78, 5) is 22.8. The van der Waals surface area contributed by atoms with Crippen molar-refractivity contribution in [3.8, 4) is 0 Å². The molecule has 0 heterocycles. The zero-order valence-electron chi connectivity index (χ0n) is 9.82. The third kappa shape index (κ3) is 2.93. The maximum absolute atomic E-state index is 12.0. The van der Waals surface area contributed by atoms with E-state index in [0.717, 1.165) is 32.0 Å². The van der Waals surface area contributed by atoms with Crippen LogP contribution in [0, 0.1) is 5.92 Å². The first-order valence-corrected chi connectivity index (χ1v) is 6.16. The number of anilines is 1. The van der Waals surface area contributed by atoms with Gasteiger partial charge >= 0.3 is 0 Å². The summed E-state index contributed by atoms with van der Waals surface area (Å²) in [6.07, 6.45) is 6.20. The van der Waals surface area contributed by atoms with Crippen LogP contribution in [-0.2, 0) is 4.79 Å². The number of nitrogens with one attached hydrogen (secondary N) is 1. The van der Waals surface area contributed by atoms with Crippen LogP contribution in [-0.4, -0.2) is 12.2 Å². The normalized spacial score (nSPS) is 16.5. The lowest BCUT2D eigenvalue weighted by Crippen LogP contribution is -2.25. The van der Waals surface area contributed by atoms with Gasteiger partial charge in [-0.2, -0.15) is 0 Å². The maximum Gasteiger partial charge on any atom is 0.227 e. The van der Waals surface area contributed by atoms with Crippen molar-refractivity contribution in [2.24, 2.45) is 5.92 Å². The topological polar surface area (TPSA) is 46.2 Å². The summed E-state index contributed by atoms with van der Waals surface area (Å²) >= 11 is 0. The van der Waals surface area contributed by atoms with Crippen LogP contribution in [0.1, 0.15) is 42.5 Å². The molecular weight excluding hydrogens is 214 g/mol. The van der Waals surface area contributed by atoms with Gasteiger partial charge in [0.25, 0.3) is 0 Å². The summed E-state index contributed by atoms with van der Waals surface area (Å²) in [7, 11) is 0. The van der Waals surface area contributed by atoms with Crippen LogP contribution >= 0.6 is 0 Å². The minimum atomic E-state index is 0.0546. The van der Waals surface area contributed by atoms with E-state index in [1.54, 1.807) is 18.2 Å². The molecule has 0 aliphatic heterocycles. The molecular formula is C14H17NO2. The van der Waals surface area contributed by atoms with Crippen LogP contribution < -0.4 is 5.32 Å². The number of hydrogen-bond acceptors (Lipinski definition) is 2. The molecule has 3 nitrogen and oxygen atoms in total. The van der Waals surface area contributed by atoms with E-state index >= 15 is 0 Å². The van der Waals surface area contributed by atoms with Gasteiger partial charge in [0.15, 0.2) is 6.29 Å². The van der Waals surface area contributed by atoms with Gasteiger partial charge in [-0.25, -0.2) is 0 Å². The number of carbonyl (C=O) groups is 2. The van der Waals surface area contributed by atoms with E-state index in [4.69, 9.17) is 0 Å². The van der Waals surface area contributed by atoms with Gasteiger partial charge in [0.05, 0.1) is 5.69 Å². The lowest BCUT2D eigenvalue weighted by atomic mass is 9.88. The van der Waals surface area contributed by atoms with Gasteiger partial charge in [-0.3, -0.25) is 9.59 Å². The Morgan fingerprint density at radius 3 is 2.59 bits per heavy atom. The first kappa shape index (κ1) is 11.8. The van der Waals surface area contributed by atoms with E-state index in [9.17, 15) is 9.59 Å². The summed E-state index contributed by atoms with van der Waals surface area (Å²) in [5, 5.41) is 2.86. The van der Waals surface area contributed by atoms with E-state index in [2.05, 4.69) is 5.32 Å². The minimum absolute atomic E-state index is 0.0546. The number of aldehydes is 1.